The second kappa shape index (κ2) is 7.40. The van der Waals surface area contributed by atoms with Crippen molar-refractivity contribution in [1.29, 1.82) is 0 Å². The molecule has 4 N–H and O–H groups in total. The number of carboxylic acid groups (broad SMARTS) is 1. The third kappa shape index (κ3) is 4.99. The van der Waals surface area contributed by atoms with E-state index in [4.69, 9.17) is 5.11 Å². The number of aromatic nitrogens is 2. The van der Waals surface area contributed by atoms with Crippen LogP contribution in [-0.2, 0) is 4.79 Å². The Morgan fingerprint density at radius 1 is 1.53 bits per heavy atom. The van der Waals surface area contributed by atoms with Crippen molar-refractivity contribution < 1.29 is 14.7 Å². The molecule has 0 radical (unpaired) electrons. The van der Waals surface area contributed by atoms with Crippen molar-refractivity contribution in [2.75, 3.05) is 6.54 Å². The highest BCUT2D eigenvalue weighted by atomic mass is 16.4. The van der Waals surface area contributed by atoms with Crippen LogP contribution in [-0.4, -0.2) is 33.6 Å². The lowest BCUT2D eigenvalue weighted by Crippen LogP contribution is -2.39. The van der Waals surface area contributed by atoms with Gasteiger partial charge in [0, 0.05) is 18.9 Å². The molecular formula is C12H20N4O3. The first-order valence-corrected chi connectivity index (χ1v) is 6.31. The summed E-state index contributed by atoms with van der Waals surface area (Å²) in [6.45, 7) is 3.88. The molecule has 0 aliphatic carbocycles. The zero-order valence-electron chi connectivity index (χ0n) is 11.1. The van der Waals surface area contributed by atoms with Crippen molar-refractivity contribution >= 4 is 12.0 Å². The number of carboxylic acids is 1. The molecule has 1 aromatic rings. The monoisotopic (exact) mass is 268 g/mol. The summed E-state index contributed by atoms with van der Waals surface area (Å²) in [7, 11) is 0. The molecule has 0 bridgehead atoms. The maximum absolute atomic E-state index is 11.6. The highest BCUT2D eigenvalue weighted by molar-refractivity contribution is 5.74. The van der Waals surface area contributed by atoms with E-state index in [1.807, 2.05) is 6.92 Å². The van der Waals surface area contributed by atoms with E-state index >= 15 is 0 Å². The Morgan fingerprint density at radius 2 is 2.26 bits per heavy atom. The minimum absolute atomic E-state index is 0.174. The van der Waals surface area contributed by atoms with E-state index in [1.165, 1.54) is 0 Å². The average molecular weight is 268 g/mol. The highest BCUT2D eigenvalue weighted by Crippen LogP contribution is 2.10. The van der Waals surface area contributed by atoms with Crippen LogP contribution in [0.3, 0.4) is 0 Å². The Bertz CT molecular complexity index is 405. The first kappa shape index (κ1) is 15.0. The molecule has 106 valence electrons. The van der Waals surface area contributed by atoms with Gasteiger partial charge in [0.1, 0.15) is 5.82 Å². The number of amides is 2. The number of urea groups is 1. The third-order valence-electron chi connectivity index (χ3n) is 2.85. The lowest BCUT2D eigenvalue weighted by Gasteiger charge is -2.15. The molecule has 2 unspecified atom stereocenters. The fraction of sp³-hybridized carbons (Fsp3) is 0.583. The number of hydrogen-bond donors (Lipinski definition) is 4. The van der Waals surface area contributed by atoms with Crippen molar-refractivity contribution in [2.24, 2.45) is 5.92 Å². The van der Waals surface area contributed by atoms with Crippen LogP contribution in [0.2, 0.25) is 0 Å². The van der Waals surface area contributed by atoms with Crippen molar-refractivity contribution in [3.05, 3.63) is 18.2 Å². The molecule has 0 saturated carbocycles. The topological polar surface area (TPSA) is 107 Å². The second-order valence-electron chi connectivity index (χ2n) is 4.36. The quantitative estimate of drug-likeness (QED) is 0.597. The number of carbonyl (C=O) groups is 2. The predicted octanol–water partition coefficient (Wildman–Crippen LogP) is 1.27. The van der Waals surface area contributed by atoms with Crippen LogP contribution in [0.4, 0.5) is 4.79 Å². The number of nitrogens with one attached hydrogen (secondary N) is 3. The number of aliphatic carboxylic acids is 1. The second-order valence-corrected chi connectivity index (χ2v) is 4.36. The Hall–Kier alpha value is -2.05. The van der Waals surface area contributed by atoms with Gasteiger partial charge in [0.25, 0.3) is 0 Å². The zero-order valence-corrected chi connectivity index (χ0v) is 11.1. The van der Waals surface area contributed by atoms with E-state index < -0.39 is 11.9 Å². The van der Waals surface area contributed by atoms with Crippen molar-refractivity contribution in [3.63, 3.8) is 0 Å². The van der Waals surface area contributed by atoms with Crippen LogP contribution in [0, 0.1) is 5.92 Å². The number of nitrogens with zero attached hydrogens (tertiary/aromatic N) is 1. The Morgan fingerprint density at radius 3 is 2.79 bits per heavy atom. The smallest absolute Gasteiger partial charge is 0.315 e. The van der Waals surface area contributed by atoms with Gasteiger partial charge in [0.05, 0.1) is 12.0 Å². The van der Waals surface area contributed by atoms with Crippen LogP contribution < -0.4 is 10.6 Å². The van der Waals surface area contributed by atoms with E-state index in [0.717, 1.165) is 0 Å². The van der Waals surface area contributed by atoms with Gasteiger partial charge in [-0.3, -0.25) is 4.79 Å². The molecule has 2 amide bonds. The molecule has 0 aromatic carbocycles. The van der Waals surface area contributed by atoms with E-state index in [1.54, 1.807) is 19.3 Å². The molecule has 1 heterocycles. The molecule has 2 atom stereocenters. The SMILES string of the molecule is CCC(NC(=O)NCCC(C)C(=O)O)c1ncc[nH]1. The summed E-state index contributed by atoms with van der Waals surface area (Å²) in [6.07, 6.45) is 4.45. The molecule has 0 fully saturated rings. The predicted molar refractivity (Wildman–Crippen MR) is 69.6 cm³/mol. The van der Waals surface area contributed by atoms with E-state index in [9.17, 15) is 9.59 Å². The molecule has 0 aliphatic heterocycles. The standard InChI is InChI=1S/C12H20N4O3/c1-3-9(10-13-6-7-14-10)16-12(19)15-5-4-8(2)11(17)18/h6-9H,3-5H2,1-2H3,(H,13,14)(H,17,18)(H2,15,16,19). The molecule has 7 nitrogen and oxygen atoms in total. The summed E-state index contributed by atoms with van der Waals surface area (Å²) in [5, 5.41) is 14.1. The Balaban J connectivity index is 2.32. The molecule has 0 spiro atoms. The molecule has 1 aromatic heterocycles. The number of imidazole rings is 1. The van der Waals surface area contributed by atoms with Gasteiger partial charge in [-0.2, -0.15) is 0 Å². The number of H-pyrrole nitrogens is 1. The van der Waals surface area contributed by atoms with Crippen LogP contribution in [0.5, 0.6) is 0 Å². The molecule has 0 aliphatic rings. The van der Waals surface area contributed by atoms with Gasteiger partial charge in [-0.25, -0.2) is 9.78 Å². The lowest BCUT2D eigenvalue weighted by molar-refractivity contribution is -0.141. The first-order valence-electron chi connectivity index (χ1n) is 6.31. The number of rotatable bonds is 7. The molecule has 19 heavy (non-hydrogen) atoms. The van der Waals surface area contributed by atoms with Crippen LogP contribution in [0.25, 0.3) is 0 Å². The van der Waals surface area contributed by atoms with E-state index in [2.05, 4.69) is 20.6 Å². The van der Waals surface area contributed by atoms with Gasteiger partial charge in [-0.05, 0) is 12.8 Å². The molecule has 0 saturated heterocycles. The van der Waals surface area contributed by atoms with Crippen molar-refractivity contribution in [2.45, 2.75) is 32.7 Å². The van der Waals surface area contributed by atoms with Crippen molar-refractivity contribution in [3.8, 4) is 0 Å². The fourth-order valence-electron chi connectivity index (χ4n) is 1.57. The Labute approximate surface area is 111 Å². The summed E-state index contributed by atoms with van der Waals surface area (Å²) in [5.74, 6) is -0.617. The minimum atomic E-state index is -0.857. The van der Waals surface area contributed by atoms with Gasteiger partial charge < -0.3 is 20.7 Å². The van der Waals surface area contributed by atoms with Crippen LogP contribution in [0.1, 0.15) is 38.6 Å². The lowest BCUT2D eigenvalue weighted by atomic mass is 10.1. The average Bonchev–Trinajstić information content (AvgIpc) is 2.89. The van der Waals surface area contributed by atoms with Crippen molar-refractivity contribution in [1.82, 2.24) is 20.6 Å². The number of aromatic amines is 1. The van der Waals surface area contributed by atoms with Gasteiger partial charge >= 0.3 is 12.0 Å². The summed E-state index contributed by atoms with van der Waals surface area (Å²) in [4.78, 5) is 29.3. The molecular weight excluding hydrogens is 248 g/mol. The highest BCUT2D eigenvalue weighted by Gasteiger charge is 2.15. The largest absolute Gasteiger partial charge is 0.481 e. The summed E-state index contributed by atoms with van der Waals surface area (Å²) < 4.78 is 0. The van der Waals surface area contributed by atoms with Gasteiger partial charge in [0.15, 0.2) is 0 Å². The van der Waals surface area contributed by atoms with E-state index in [0.29, 0.717) is 25.2 Å². The number of carbonyl (C=O) groups excluding carboxylic acids is 1. The first-order chi connectivity index (χ1) is 9.04. The summed E-state index contributed by atoms with van der Waals surface area (Å²) in [5.41, 5.74) is 0. The van der Waals surface area contributed by atoms with Gasteiger partial charge in [0.2, 0.25) is 0 Å². The number of hydrogen-bond acceptors (Lipinski definition) is 3. The summed E-state index contributed by atoms with van der Waals surface area (Å²) >= 11 is 0. The van der Waals surface area contributed by atoms with Gasteiger partial charge in [-0.15, -0.1) is 0 Å². The summed E-state index contributed by atoms with van der Waals surface area (Å²) in [6, 6.07) is -0.493. The van der Waals surface area contributed by atoms with Gasteiger partial charge in [-0.1, -0.05) is 13.8 Å². The normalized spacial score (nSPS) is 13.6. The zero-order chi connectivity index (χ0) is 14.3. The van der Waals surface area contributed by atoms with Crippen LogP contribution >= 0.6 is 0 Å². The maximum Gasteiger partial charge on any atom is 0.315 e. The van der Waals surface area contributed by atoms with E-state index in [-0.39, 0.29) is 12.1 Å². The maximum atomic E-state index is 11.6. The fourth-order valence-corrected chi connectivity index (χ4v) is 1.57. The molecule has 1 rings (SSSR count). The van der Waals surface area contributed by atoms with Crippen LogP contribution in [0.15, 0.2) is 12.4 Å². The minimum Gasteiger partial charge on any atom is -0.481 e. The molecule has 7 heteroatoms. The Kier molecular flexibility index (Phi) is 5.84. The third-order valence-corrected chi connectivity index (χ3v) is 2.85.